The van der Waals surface area contributed by atoms with Crippen molar-refractivity contribution in [2.75, 3.05) is 0 Å². The second-order valence-electron chi connectivity index (χ2n) is 1.91. The zero-order chi connectivity index (χ0) is 8.27. The van der Waals surface area contributed by atoms with Crippen molar-refractivity contribution in [3.05, 3.63) is 29.6 Å². The van der Waals surface area contributed by atoms with Crippen molar-refractivity contribution in [2.24, 2.45) is 5.90 Å². The van der Waals surface area contributed by atoms with Gasteiger partial charge in [0.2, 0.25) is 0 Å². The highest BCUT2D eigenvalue weighted by molar-refractivity contribution is 5.36. The third kappa shape index (κ3) is 1.66. The average molecular weight is 152 g/mol. The van der Waals surface area contributed by atoms with Gasteiger partial charge in [0.1, 0.15) is 5.82 Å². The average Bonchev–Trinajstić information content (AvgIpc) is 2.03. The van der Waals surface area contributed by atoms with Crippen molar-refractivity contribution in [1.82, 2.24) is 0 Å². The van der Waals surface area contributed by atoms with Gasteiger partial charge in [-0.2, -0.15) is 11.2 Å². The topological polar surface area (TPSA) is 59.0 Å². The number of nitrogens with two attached hydrogens (primary N) is 1. The van der Waals surface area contributed by atoms with Crippen molar-refractivity contribution < 1.29 is 9.23 Å². The van der Waals surface area contributed by atoms with E-state index in [1.165, 1.54) is 6.07 Å². The molecule has 0 amide bonds. The van der Waals surface area contributed by atoms with Crippen molar-refractivity contribution in [2.45, 2.75) is 0 Å². The summed E-state index contributed by atoms with van der Waals surface area (Å²) in [5.41, 5.74) is 0.186. The van der Waals surface area contributed by atoms with E-state index >= 15 is 0 Å². The molecule has 3 nitrogen and oxygen atoms in total. The Labute approximate surface area is 62.8 Å². The van der Waals surface area contributed by atoms with Crippen LogP contribution in [0.2, 0.25) is 0 Å². The van der Waals surface area contributed by atoms with E-state index in [1.54, 1.807) is 6.07 Å². The summed E-state index contributed by atoms with van der Waals surface area (Å²) in [6.45, 7) is 0. The molecule has 0 bridgehead atoms. The molecule has 2 N–H and O–H groups in total. The molecule has 0 aromatic heterocycles. The molecule has 0 aliphatic carbocycles. The van der Waals surface area contributed by atoms with Gasteiger partial charge in [-0.25, -0.2) is 4.39 Å². The van der Waals surface area contributed by atoms with Crippen LogP contribution in [-0.2, 0) is 0 Å². The maximum atomic E-state index is 12.5. The number of hydrogen-bond donors (Lipinski definition) is 1. The molecule has 11 heavy (non-hydrogen) atoms. The second kappa shape index (κ2) is 2.99. The summed E-state index contributed by atoms with van der Waals surface area (Å²) in [6.07, 6.45) is 0. The molecule has 0 atom stereocenters. The summed E-state index contributed by atoms with van der Waals surface area (Å²) >= 11 is 0. The Bertz CT molecular complexity index is 306. The summed E-state index contributed by atoms with van der Waals surface area (Å²) < 4.78 is 12.5. The van der Waals surface area contributed by atoms with Gasteiger partial charge in [-0.3, -0.25) is 0 Å². The van der Waals surface area contributed by atoms with Crippen LogP contribution < -0.4 is 10.7 Å². The quantitative estimate of drug-likeness (QED) is 0.609. The predicted octanol–water partition coefficient (Wildman–Crippen LogP) is 0.950. The molecule has 0 aliphatic heterocycles. The normalized spacial score (nSPS) is 8.82. The fraction of sp³-hybridized carbons (Fsp3) is 0. The lowest BCUT2D eigenvalue weighted by atomic mass is 10.2. The minimum Gasteiger partial charge on any atom is -0.411 e. The monoisotopic (exact) mass is 152 g/mol. The lowest BCUT2D eigenvalue weighted by Crippen LogP contribution is -2.02. The zero-order valence-corrected chi connectivity index (χ0v) is 5.54. The zero-order valence-electron chi connectivity index (χ0n) is 5.54. The van der Waals surface area contributed by atoms with Crippen molar-refractivity contribution >= 4 is 0 Å². The lowest BCUT2D eigenvalue weighted by molar-refractivity contribution is 0.332. The molecular weight excluding hydrogens is 147 g/mol. The highest BCUT2D eigenvalue weighted by atomic mass is 19.1. The van der Waals surface area contributed by atoms with E-state index in [0.717, 1.165) is 12.1 Å². The van der Waals surface area contributed by atoms with Crippen molar-refractivity contribution in [3.63, 3.8) is 0 Å². The predicted molar refractivity (Wildman–Crippen MR) is 35.9 cm³/mol. The Morgan fingerprint density at radius 3 is 2.73 bits per heavy atom. The van der Waals surface area contributed by atoms with Gasteiger partial charge in [0, 0.05) is 12.1 Å². The highest BCUT2D eigenvalue weighted by Crippen LogP contribution is 2.13. The van der Waals surface area contributed by atoms with E-state index in [4.69, 9.17) is 11.2 Å². The molecule has 1 aromatic rings. The molecule has 0 saturated carbocycles. The van der Waals surface area contributed by atoms with Crippen molar-refractivity contribution in [3.8, 4) is 11.8 Å². The van der Waals surface area contributed by atoms with Gasteiger partial charge in [0.25, 0.3) is 0 Å². The molecule has 0 fully saturated rings. The smallest absolute Gasteiger partial charge is 0.151 e. The van der Waals surface area contributed by atoms with Crippen LogP contribution in [-0.4, -0.2) is 0 Å². The van der Waals surface area contributed by atoms with Gasteiger partial charge in [-0.1, -0.05) is 0 Å². The molecule has 1 rings (SSSR count). The maximum absolute atomic E-state index is 12.5. The number of rotatable bonds is 1. The molecule has 4 heteroatoms. The van der Waals surface area contributed by atoms with Crippen LogP contribution >= 0.6 is 0 Å². The van der Waals surface area contributed by atoms with Gasteiger partial charge in [0.15, 0.2) is 5.75 Å². The molecule has 56 valence electrons. The third-order valence-electron chi connectivity index (χ3n) is 1.14. The Hall–Kier alpha value is -1.60. The number of benzene rings is 1. The van der Waals surface area contributed by atoms with Gasteiger partial charge < -0.3 is 4.84 Å². The van der Waals surface area contributed by atoms with Gasteiger partial charge in [-0.15, -0.1) is 0 Å². The van der Waals surface area contributed by atoms with Crippen molar-refractivity contribution in [1.29, 1.82) is 5.26 Å². The minimum absolute atomic E-state index is 0.140. The number of nitrogens with zero attached hydrogens (tertiary/aromatic N) is 1. The van der Waals surface area contributed by atoms with Gasteiger partial charge in [-0.05, 0) is 6.07 Å². The Morgan fingerprint density at radius 1 is 1.45 bits per heavy atom. The standard InChI is InChI=1S/C7H5FN2O/c8-6-1-5(4-9)2-7(3-6)11-10/h1-3H,10H2. The van der Waals surface area contributed by atoms with Crippen LogP contribution in [0.4, 0.5) is 4.39 Å². The van der Waals surface area contributed by atoms with E-state index in [1.807, 2.05) is 0 Å². The number of halogens is 1. The molecular formula is C7H5FN2O. The van der Waals surface area contributed by atoms with E-state index in [9.17, 15) is 4.39 Å². The summed E-state index contributed by atoms with van der Waals surface area (Å²) in [5, 5.41) is 8.37. The second-order valence-corrected chi connectivity index (χ2v) is 1.91. The first-order valence-electron chi connectivity index (χ1n) is 2.83. The van der Waals surface area contributed by atoms with Crippen LogP contribution in [0.25, 0.3) is 0 Å². The molecule has 1 aromatic carbocycles. The molecule has 0 heterocycles. The lowest BCUT2D eigenvalue weighted by Gasteiger charge is -1.97. The first-order valence-corrected chi connectivity index (χ1v) is 2.83. The van der Waals surface area contributed by atoms with Crippen LogP contribution in [0.5, 0.6) is 5.75 Å². The Morgan fingerprint density at radius 2 is 2.18 bits per heavy atom. The van der Waals surface area contributed by atoms with E-state index < -0.39 is 5.82 Å². The van der Waals surface area contributed by atoms with Gasteiger partial charge in [0.05, 0.1) is 11.6 Å². The molecule has 0 aliphatic rings. The van der Waals surface area contributed by atoms with Crippen LogP contribution in [0.15, 0.2) is 18.2 Å². The van der Waals surface area contributed by atoms with Gasteiger partial charge >= 0.3 is 0 Å². The molecule has 0 radical (unpaired) electrons. The maximum Gasteiger partial charge on any atom is 0.151 e. The summed E-state index contributed by atoms with van der Waals surface area (Å²) in [5.74, 6) is 4.37. The third-order valence-corrected chi connectivity index (χ3v) is 1.14. The van der Waals surface area contributed by atoms with E-state index in [2.05, 4.69) is 4.84 Å². The number of hydrogen-bond acceptors (Lipinski definition) is 3. The van der Waals surface area contributed by atoms with Crippen LogP contribution in [0.3, 0.4) is 0 Å². The molecule has 0 spiro atoms. The van der Waals surface area contributed by atoms with Crippen LogP contribution in [0.1, 0.15) is 5.56 Å². The van der Waals surface area contributed by atoms with E-state index in [-0.39, 0.29) is 11.3 Å². The fourth-order valence-electron chi connectivity index (χ4n) is 0.695. The Kier molecular flexibility index (Phi) is 2.04. The summed E-state index contributed by atoms with van der Waals surface area (Å²) in [7, 11) is 0. The molecule has 0 saturated heterocycles. The first-order chi connectivity index (χ1) is 5.26. The fourth-order valence-corrected chi connectivity index (χ4v) is 0.695. The van der Waals surface area contributed by atoms with Crippen LogP contribution in [0, 0.1) is 17.1 Å². The summed E-state index contributed by atoms with van der Waals surface area (Å²) in [6, 6.07) is 5.32. The largest absolute Gasteiger partial charge is 0.411 e. The SMILES string of the molecule is N#Cc1cc(F)cc(ON)c1. The summed E-state index contributed by atoms with van der Waals surface area (Å²) in [4.78, 5) is 4.25. The molecule has 0 unspecified atom stereocenters. The highest BCUT2D eigenvalue weighted by Gasteiger charge is 1.99. The first kappa shape index (κ1) is 7.51. The number of nitriles is 1. The minimum atomic E-state index is -0.537. The Balaban J connectivity index is 3.15. The van der Waals surface area contributed by atoms with E-state index in [0.29, 0.717) is 0 Å².